The van der Waals surface area contributed by atoms with Gasteiger partial charge in [-0.1, -0.05) is 66.7 Å². The number of rotatable bonds is 9. The first-order valence-electron chi connectivity index (χ1n) is 16.4. The van der Waals surface area contributed by atoms with E-state index in [1.807, 2.05) is 54.6 Å². The minimum absolute atomic E-state index is 0.0424. The third kappa shape index (κ3) is 9.05. The van der Waals surface area contributed by atoms with Crippen LogP contribution in [0.5, 0.6) is 5.88 Å². The predicted molar refractivity (Wildman–Crippen MR) is 196 cm³/mol. The summed E-state index contributed by atoms with van der Waals surface area (Å²) < 4.78 is 4.83. The Balaban J connectivity index is 0.000000392. The van der Waals surface area contributed by atoms with Crippen molar-refractivity contribution in [3.05, 3.63) is 125 Å². The summed E-state index contributed by atoms with van der Waals surface area (Å²) in [7, 11) is 5.22. The van der Waals surface area contributed by atoms with Gasteiger partial charge in [-0.3, -0.25) is 9.69 Å². The molecule has 1 fully saturated rings. The molecular weight excluding hydrogens is 650 g/mol. The van der Waals surface area contributed by atoms with Gasteiger partial charge in [0.2, 0.25) is 5.91 Å². The number of aromatic hydroxyl groups is 1. The quantitative estimate of drug-likeness (QED) is 0.125. The Hall–Kier alpha value is -5.82. The number of nitrogens with zero attached hydrogens (tertiary/aromatic N) is 4. The van der Waals surface area contributed by atoms with E-state index in [0.29, 0.717) is 40.2 Å². The second-order valence-electron chi connectivity index (χ2n) is 12.1. The average Bonchev–Trinajstić information content (AvgIpc) is 3.49. The number of aliphatic carboxylic acids is 1. The number of aliphatic hydroxyl groups excluding tert-OH is 1. The van der Waals surface area contributed by atoms with Crippen molar-refractivity contribution in [3.8, 4) is 5.88 Å². The number of amides is 1. The third-order valence-corrected chi connectivity index (χ3v) is 8.64. The van der Waals surface area contributed by atoms with Crippen LogP contribution in [-0.2, 0) is 14.3 Å². The number of methoxy groups -OCH3 is 1. The van der Waals surface area contributed by atoms with Gasteiger partial charge in [-0.2, -0.15) is 0 Å². The predicted octanol–water partition coefficient (Wildman–Crippen LogP) is 4.84. The summed E-state index contributed by atoms with van der Waals surface area (Å²) in [5.74, 6) is -1.69. The van der Waals surface area contributed by atoms with E-state index in [4.69, 9.17) is 19.9 Å². The van der Waals surface area contributed by atoms with Crippen LogP contribution in [0.2, 0.25) is 0 Å². The number of carbonyl (C=O) groups excluding carboxylic acids is 2. The van der Waals surface area contributed by atoms with E-state index in [9.17, 15) is 19.5 Å². The molecule has 5 aromatic rings. The van der Waals surface area contributed by atoms with E-state index < -0.39 is 18.0 Å². The van der Waals surface area contributed by atoms with Gasteiger partial charge in [0.05, 0.1) is 36.2 Å². The number of hydrogen-bond donors (Lipinski definition) is 4. The number of aliphatic hydroxyl groups is 1. The van der Waals surface area contributed by atoms with Crippen molar-refractivity contribution in [1.29, 1.82) is 0 Å². The lowest BCUT2D eigenvalue weighted by Crippen LogP contribution is -2.48. The van der Waals surface area contributed by atoms with Crippen molar-refractivity contribution >= 4 is 45.8 Å². The molecule has 0 radical (unpaired) electrons. The molecule has 0 saturated carbocycles. The summed E-state index contributed by atoms with van der Waals surface area (Å²) in [6.45, 7) is 4.09. The van der Waals surface area contributed by atoms with E-state index in [2.05, 4.69) is 21.8 Å². The second kappa shape index (κ2) is 16.7. The number of carboxylic acids is 1. The minimum Gasteiger partial charge on any atom is -0.494 e. The first-order valence-corrected chi connectivity index (χ1v) is 16.4. The molecule has 1 unspecified atom stereocenters. The van der Waals surface area contributed by atoms with Gasteiger partial charge < -0.3 is 34.8 Å². The fraction of sp³-hybridized carbons (Fsp3) is 0.231. The van der Waals surface area contributed by atoms with E-state index >= 15 is 0 Å². The number of carboxylic acid groups (broad SMARTS) is 1. The van der Waals surface area contributed by atoms with Crippen LogP contribution in [0.15, 0.2) is 108 Å². The van der Waals surface area contributed by atoms with Crippen LogP contribution in [0.4, 0.5) is 11.4 Å². The number of esters is 1. The van der Waals surface area contributed by atoms with E-state index in [-0.39, 0.29) is 11.8 Å². The van der Waals surface area contributed by atoms with Gasteiger partial charge in [-0.05, 0) is 49.0 Å². The van der Waals surface area contributed by atoms with E-state index in [1.165, 1.54) is 7.11 Å². The van der Waals surface area contributed by atoms with Gasteiger partial charge >= 0.3 is 11.9 Å². The van der Waals surface area contributed by atoms with Crippen LogP contribution in [0.1, 0.15) is 33.2 Å². The van der Waals surface area contributed by atoms with Crippen LogP contribution in [0, 0.1) is 0 Å². The highest BCUT2D eigenvalue weighted by atomic mass is 16.5. The smallest absolute Gasteiger partial charge is 0.337 e. The van der Waals surface area contributed by atoms with Crippen molar-refractivity contribution in [2.45, 2.75) is 6.10 Å². The van der Waals surface area contributed by atoms with Crippen molar-refractivity contribution in [1.82, 2.24) is 14.8 Å². The number of fused-ring (bicyclic) bond motifs is 1. The molecule has 6 rings (SSSR count). The molecule has 1 aliphatic heterocycles. The lowest BCUT2D eigenvalue weighted by molar-refractivity contribution is -0.147. The number of hydrogen-bond acceptors (Lipinski definition) is 9. The number of H-pyrrole nitrogens is 1. The molecule has 4 N–H and O–H groups in total. The molecule has 1 atom stereocenters. The number of likely N-dealkylation sites (N-methyl/N-ethyl adjacent to an activating group) is 2. The molecule has 4 aromatic carbocycles. The largest absolute Gasteiger partial charge is 0.494 e. The van der Waals surface area contributed by atoms with Crippen molar-refractivity contribution < 1.29 is 34.4 Å². The zero-order valence-electron chi connectivity index (χ0n) is 28.7. The first-order chi connectivity index (χ1) is 24.5. The molecule has 1 amide bonds. The van der Waals surface area contributed by atoms with Gasteiger partial charge in [-0.25, -0.2) is 14.6 Å². The number of ether oxygens (including phenoxy) is 1. The number of carbonyl (C=O) groups is 3. The molecule has 51 heavy (non-hydrogen) atoms. The Kier molecular flexibility index (Phi) is 12.0. The summed E-state index contributed by atoms with van der Waals surface area (Å²) in [6.07, 6.45) is -1.41. The SMILES string of the molecule is COC(=O)c1ccc2c(C(=Nc3ccc(N(C)C(=O)CN4CCN(C)CC4)cc3)c3ccccc3)c(O)[nH]c2c1.O=C(O)C(O)c1ccccc1. The standard InChI is InChI=1S/C31H33N5O4.C8H8O3/c1-34-15-17-36(18-16-34)20-27(37)35(2)24-12-10-23(11-13-24)32-29(21-7-5-4-6-8-21)28-25-14-9-22(31(39)40-3)19-26(25)33-30(28)38;9-7(8(10)11)6-4-2-1-3-5-6/h4-14,19,33,38H,15-18,20H2,1-3H3;1-5,7,9H,(H,10,11). The van der Waals surface area contributed by atoms with Crippen LogP contribution in [-0.4, -0.2) is 108 Å². The van der Waals surface area contributed by atoms with Crippen LogP contribution in [0.3, 0.4) is 0 Å². The molecule has 12 heteroatoms. The van der Waals surface area contributed by atoms with Gasteiger partial charge in [-0.15, -0.1) is 0 Å². The fourth-order valence-electron chi connectivity index (χ4n) is 5.63. The lowest BCUT2D eigenvalue weighted by atomic mass is 10.00. The van der Waals surface area contributed by atoms with Gasteiger partial charge in [0.25, 0.3) is 0 Å². The van der Waals surface area contributed by atoms with E-state index in [0.717, 1.165) is 42.8 Å². The van der Waals surface area contributed by atoms with Crippen molar-refractivity contribution in [3.63, 3.8) is 0 Å². The molecule has 0 aliphatic carbocycles. The molecule has 12 nitrogen and oxygen atoms in total. The Morgan fingerprint density at radius 1 is 0.882 bits per heavy atom. The number of aromatic nitrogens is 1. The maximum absolute atomic E-state index is 12.9. The molecule has 0 bridgehead atoms. The molecule has 1 aliphatic rings. The molecule has 1 saturated heterocycles. The summed E-state index contributed by atoms with van der Waals surface area (Å²) in [5, 5.41) is 29.1. The normalized spacial score (nSPS) is 14.3. The lowest BCUT2D eigenvalue weighted by Gasteiger charge is -2.32. The summed E-state index contributed by atoms with van der Waals surface area (Å²) in [4.78, 5) is 49.2. The third-order valence-electron chi connectivity index (χ3n) is 8.64. The molecule has 0 spiro atoms. The minimum atomic E-state index is -1.41. The highest BCUT2D eigenvalue weighted by molar-refractivity contribution is 6.22. The Labute approximate surface area is 295 Å². The maximum Gasteiger partial charge on any atom is 0.337 e. The van der Waals surface area contributed by atoms with Crippen LogP contribution >= 0.6 is 0 Å². The summed E-state index contributed by atoms with van der Waals surface area (Å²) in [5.41, 5.74) is 4.74. The summed E-state index contributed by atoms with van der Waals surface area (Å²) >= 11 is 0. The average molecular weight is 692 g/mol. The Morgan fingerprint density at radius 2 is 1.51 bits per heavy atom. The highest BCUT2D eigenvalue weighted by Gasteiger charge is 2.22. The molecule has 1 aromatic heterocycles. The molecule has 2 heterocycles. The number of aliphatic imine (C=N–C) groups is 1. The number of nitrogens with one attached hydrogen (secondary N) is 1. The van der Waals surface area contributed by atoms with Gasteiger partial charge in [0.15, 0.2) is 12.0 Å². The Bertz CT molecular complexity index is 1990. The number of piperazine rings is 1. The summed E-state index contributed by atoms with van der Waals surface area (Å²) in [6, 6.07) is 30.4. The number of benzene rings is 4. The van der Waals surface area contributed by atoms with Crippen molar-refractivity contribution in [2.75, 3.05) is 58.8 Å². The maximum atomic E-state index is 12.9. The van der Waals surface area contributed by atoms with Crippen LogP contribution < -0.4 is 4.90 Å². The Morgan fingerprint density at radius 3 is 2.12 bits per heavy atom. The highest BCUT2D eigenvalue weighted by Crippen LogP contribution is 2.32. The van der Waals surface area contributed by atoms with Gasteiger partial charge in [0, 0.05) is 55.4 Å². The zero-order valence-corrected chi connectivity index (χ0v) is 28.7. The van der Waals surface area contributed by atoms with Gasteiger partial charge in [0.1, 0.15) is 0 Å². The van der Waals surface area contributed by atoms with Crippen molar-refractivity contribution in [2.24, 2.45) is 4.99 Å². The topological polar surface area (TPSA) is 159 Å². The number of aromatic amines is 1. The monoisotopic (exact) mass is 691 g/mol. The van der Waals surface area contributed by atoms with E-state index in [1.54, 1.807) is 60.5 Å². The fourth-order valence-corrected chi connectivity index (χ4v) is 5.63. The zero-order chi connectivity index (χ0) is 36.5. The number of anilines is 1. The van der Waals surface area contributed by atoms with Crippen LogP contribution in [0.25, 0.3) is 10.9 Å². The second-order valence-corrected chi connectivity index (χ2v) is 12.1. The first kappa shape index (κ1) is 36.5. The molecular formula is C39H41N5O7. The molecule has 264 valence electrons.